The summed E-state index contributed by atoms with van der Waals surface area (Å²) in [5, 5.41) is 7.69. The molecule has 26 heavy (non-hydrogen) atoms. The van der Waals surface area contributed by atoms with E-state index in [1.807, 2.05) is 23.7 Å². The summed E-state index contributed by atoms with van der Waals surface area (Å²) < 4.78 is 1.99. The van der Waals surface area contributed by atoms with Crippen molar-refractivity contribution in [1.29, 1.82) is 0 Å². The summed E-state index contributed by atoms with van der Waals surface area (Å²) >= 11 is 1.34. The molecular weight excluding hydrogens is 346 g/mol. The zero-order valence-corrected chi connectivity index (χ0v) is 15.3. The molecule has 3 aromatic rings. The van der Waals surface area contributed by atoms with Gasteiger partial charge in [0, 0.05) is 17.5 Å². The van der Waals surface area contributed by atoms with Crippen molar-refractivity contribution in [3.8, 4) is 5.82 Å². The molecule has 0 aromatic carbocycles. The normalized spacial score (nSPS) is 16.7. The maximum absolute atomic E-state index is 12.3. The number of aromatic nitrogens is 4. The molecule has 0 unspecified atom stereocenters. The summed E-state index contributed by atoms with van der Waals surface area (Å²) in [7, 11) is 0. The summed E-state index contributed by atoms with van der Waals surface area (Å²) in [5.41, 5.74) is 5.58. The minimum Gasteiger partial charge on any atom is -0.320 e. The highest BCUT2D eigenvalue weighted by Gasteiger charge is 2.33. The van der Waals surface area contributed by atoms with Crippen LogP contribution in [-0.2, 0) is 0 Å². The number of aryl methyl sites for hydroxylation is 1. The Hall–Kier alpha value is -2.54. The van der Waals surface area contributed by atoms with Gasteiger partial charge in [0.25, 0.3) is 5.91 Å². The van der Waals surface area contributed by atoms with E-state index in [1.54, 1.807) is 11.7 Å². The molecule has 2 fully saturated rings. The molecule has 1 amide bonds. The minimum absolute atomic E-state index is 0.145. The van der Waals surface area contributed by atoms with Gasteiger partial charge in [-0.25, -0.2) is 14.6 Å². The number of nitrogens with one attached hydrogen (secondary N) is 1. The van der Waals surface area contributed by atoms with Crippen LogP contribution in [-0.4, -0.2) is 25.7 Å². The third-order valence-corrected chi connectivity index (χ3v) is 5.85. The van der Waals surface area contributed by atoms with E-state index < -0.39 is 0 Å². The van der Waals surface area contributed by atoms with Gasteiger partial charge in [-0.1, -0.05) is 0 Å². The Bertz CT molecular complexity index is 966. The smallest absolute Gasteiger partial charge is 0.267 e. The van der Waals surface area contributed by atoms with Crippen LogP contribution in [0.2, 0.25) is 0 Å². The van der Waals surface area contributed by atoms with Gasteiger partial charge in [0.1, 0.15) is 4.88 Å². The van der Waals surface area contributed by atoms with Crippen molar-refractivity contribution in [1.82, 2.24) is 19.7 Å². The molecule has 0 atom stereocenters. The third kappa shape index (κ3) is 2.92. The first-order chi connectivity index (χ1) is 12.7. The maximum atomic E-state index is 12.3. The second kappa shape index (κ2) is 6.02. The Morgan fingerprint density at radius 1 is 1.19 bits per heavy atom. The predicted octanol–water partition coefficient (Wildman–Crippen LogP) is 4.04. The fourth-order valence-electron chi connectivity index (χ4n) is 3.14. The zero-order chi connectivity index (χ0) is 17.7. The van der Waals surface area contributed by atoms with Crippen molar-refractivity contribution in [3.05, 3.63) is 51.9 Å². The van der Waals surface area contributed by atoms with E-state index >= 15 is 0 Å². The van der Waals surface area contributed by atoms with Crippen molar-refractivity contribution < 1.29 is 4.79 Å². The molecule has 0 saturated heterocycles. The van der Waals surface area contributed by atoms with Gasteiger partial charge in [0.05, 0.1) is 28.8 Å². The van der Waals surface area contributed by atoms with Crippen molar-refractivity contribution >= 4 is 22.9 Å². The quantitative estimate of drug-likeness (QED) is 0.741. The van der Waals surface area contributed by atoms with Crippen LogP contribution < -0.4 is 5.32 Å². The number of pyridine rings is 1. The second-order valence-corrected chi connectivity index (χ2v) is 7.94. The first kappa shape index (κ1) is 15.7. The Balaban J connectivity index is 1.38. The fourth-order valence-corrected chi connectivity index (χ4v) is 3.84. The highest BCUT2D eigenvalue weighted by molar-refractivity contribution is 7.12. The molecule has 3 heterocycles. The molecule has 7 heteroatoms. The van der Waals surface area contributed by atoms with Crippen molar-refractivity contribution in [3.63, 3.8) is 0 Å². The van der Waals surface area contributed by atoms with E-state index in [-0.39, 0.29) is 5.91 Å². The lowest BCUT2D eigenvalue weighted by Crippen LogP contribution is -2.12. The molecule has 0 bridgehead atoms. The van der Waals surface area contributed by atoms with Crippen LogP contribution in [0.15, 0.2) is 29.9 Å². The van der Waals surface area contributed by atoms with Crippen LogP contribution in [0.25, 0.3) is 5.82 Å². The van der Waals surface area contributed by atoms with Gasteiger partial charge in [0.15, 0.2) is 5.82 Å². The van der Waals surface area contributed by atoms with Crippen LogP contribution in [0, 0.1) is 6.92 Å². The van der Waals surface area contributed by atoms with Crippen molar-refractivity contribution in [2.45, 2.75) is 44.4 Å². The summed E-state index contributed by atoms with van der Waals surface area (Å²) in [5.74, 6) is 1.92. The van der Waals surface area contributed by atoms with Gasteiger partial charge in [0.2, 0.25) is 0 Å². The number of carbonyl (C=O) groups excluding carboxylic acids is 1. The first-order valence-corrected chi connectivity index (χ1v) is 9.85. The van der Waals surface area contributed by atoms with Crippen LogP contribution in [0.5, 0.6) is 0 Å². The summed E-state index contributed by atoms with van der Waals surface area (Å²) in [6, 6.07) is 6.07. The Morgan fingerprint density at radius 3 is 2.62 bits per heavy atom. The average Bonchev–Trinajstić information content (AvgIpc) is 3.58. The number of hydrogen-bond acceptors (Lipinski definition) is 5. The fraction of sp³-hybridized carbons (Fsp3) is 0.368. The molecule has 5 rings (SSSR count). The molecule has 0 aliphatic heterocycles. The molecule has 132 valence electrons. The lowest BCUT2D eigenvalue weighted by Gasteiger charge is -2.08. The highest BCUT2D eigenvalue weighted by Crippen LogP contribution is 2.45. The van der Waals surface area contributed by atoms with Gasteiger partial charge in [-0.15, -0.1) is 11.3 Å². The van der Waals surface area contributed by atoms with E-state index in [4.69, 9.17) is 5.10 Å². The SMILES string of the molecule is Cc1ncsc1C(=O)Nc1ccc(-n2nc(C3CC3)cc2C2CC2)nc1. The lowest BCUT2D eigenvalue weighted by molar-refractivity contribution is 0.103. The number of rotatable bonds is 5. The first-order valence-electron chi connectivity index (χ1n) is 8.97. The highest BCUT2D eigenvalue weighted by atomic mass is 32.1. The number of hydrogen-bond donors (Lipinski definition) is 1. The van der Waals surface area contributed by atoms with E-state index in [2.05, 4.69) is 21.4 Å². The van der Waals surface area contributed by atoms with E-state index in [0.717, 1.165) is 11.5 Å². The minimum atomic E-state index is -0.145. The Labute approximate surface area is 155 Å². The number of carbonyl (C=O) groups is 1. The monoisotopic (exact) mass is 365 g/mol. The van der Waals surface area contributed by atoms with Crippen LogP contribution in [0.4, 0.5) is 5.69 Å². The van der Waals surface area contributed by atoms with Gasteiger partial charge in [-0.2, -0.15) is 5.10 Å². The number of thiazole rings is 1. The summed E-state index contributed by atoms with van der Waals surface area (Å²) in [6.45, 7) is 1.83. The van der Waals surface area contributed by atoms with Gasteiger partial charge < -0.3 is 5.32 Å². The van der Waals surface area contributed by atoms with Gasteiger partial charge in [-0.3, -0.25) is 4.79 Å². The summed E-state index contributed by atoms with van der Waals surface area (Å²) in [6.07, 6.45) is 6.65. The predicted molar refractivity (Wildman–Crippen MR) is 100 cm³/mol. The van der Waals surface area contributed by atoms with Gasteiger partial charge in [-0.05, 0) is 50.8 Å². The molecule has 2 aliphatic rings. The zero-order valence-electron chi connectivity index (χ0n) is 14.5. The number of nitrogens with zero attached hydrogens (tertiary/aromatic N) is 4. The average molecular weight is 365 g/mol. The van der Waals surface area contributed by atoms with E-state index in [0.29, 0.717) is 22.4 Å². The largest absolute Gasteiger partial charge is 0.320 e. The van der Waals surface area contributed by atoms with Gasteiger partial charge >= 0.3 is 0 Å². The topological polar surface area (TPSA) is 72.7 Å². The molecule has 0 radical (unpaired) electrons. The summed E-state index contributed by atoms with van der Waals surface area (Å²) in [4.78, 5) is 21.6. The number of amides is 1. The molecule has 2 aliphatic carbocycles. The van der Waals surface area contributed by atoms with E-state index in [9.17, 15) is 4.79 Å². The molecule has 0 spiro atoms. The van der Waals surface area contributed by atoms with Crippen LogP contribution in [0.3, 0.4) is 0 Å². The Kier molecular flexibility index (Phi) is 3.63. The lowest BCUT2D eigenvalue weighted by atomic mass is 10.2. The molecular formula is C19H19N5OS. The molecule has 3 aromatic heterocycles. The Morgan fingerprint density at radius 2 is 2.00 bits per heavy atom. The molecule has 6 nitrogen and oxygen atoms in total. The van der Waals surface area contributed by atoms with Crippen molar-refractivity contribution in [2.24, 2.45) is 0 Å². The van der Waals surface area contributed by atoms with Crippen LogP contribution in [0.1, 0.15) is 64.3 Å². The van der Waals surface area contributed by atoms with Crippen molar-refractivity contribution in [2.75, 3.05) is 5.32 Å². The van der Waals surface area contributed by atoms with Crippen LogP contribution >= 0.6 is 11.3 Å². The second-order valence-electron chi connectivity index (χ2n) is 7.08. The molecule has 1 N–H and O–H groups in total. The number of anilines is 1. The maximum Gasteiger partial charge on any atom is 0.267 e. The third-order valence-electron chi connectivity index (χ3n) is 4.92. The standard InChI is InChI=1S/C19H19N5OS/c1-11-18(26-10-21-11)19(25)22-14-6-7-17(20-9-14)24-16(13-4-5-13)8-15(23-24)12-2-3-12/h6-10,12-13H,2-5H2,1H3,(H,22,25). The molecule has 2 saturated carbocycles. The van der Waals surface area contributed by atoms with E-state index in [1.165, 1.54) is 48.4 Å².